The predicted molar refractivity (Wildman–Crippen MR) is 139 cm³/mol. The third-order valence-electron chi connectivity index (χ3n) is 6.36. The minimum atomic E-state index is -2.05. The zero-order valence-corrected chi connectivity index (χ0v) is 20.4. The van der Waals surface area contributed by atoms with Gasteiger partial charge in [-0.2, -0.15) is 10.9 Å². The molecule has 0 spiro atoms. The average molecular weight is 453 g/mol. The molecule has 1 fully saturated rings. The highest BCUT2D eigenvalue weighted by Gasteiger charge is 2.73. The van der Waals surface area contributed by atoms with Crippen LogP contribution in [-0.4, -0.2) is 61.0 Å². The topological polar surface area (TPSA) is 13.0 Å². The fourth-order valence-electron chi connectivity index (χ4n) is 5.47. The summed E-state index contributed by atoms with van der Waals surface area (Å²) in [5.74, 6) is 0.579. The third kappa shape index (κ3) is 3.23. The summed E-state index contributed by atoms with van der Waals surface area (Å²) in [7, 11) is 6.73. The standard InChI is InChI=1S/C24H31BClN4P/c1-27(2)31(28(3)4)29(21-20-26)25(22-14-8-5-9-15-22,23-16-10-6-11-17-23)30(31)24-18-12-7-13-19-24/h5-19H,20-21H2,1-4H3. The Morgan fingerprint density at radius 2 is 1.13 bits per heavy atom. The van der Waals surface area contributed by atoms with E-state index in [1.807, 2.05) is 0 Å². The van der Waals surface area contributed by atoms with E-state index in [2.05, 4.69) is 138 Å². The highest BCUT2D eigenvalue weighted by molar-refractivity contribution is 7.81. The van der Waals surface area contributed by atoms with Gasteiger partial charge in [0.1, 0.15) is 0 Å². The van der Waals surface area contributed by atoms with Gasteiger partial charge >= 0.3 is 0 Å². The zero-order chi connectivity index (χ0) is 22.1. The van der Waals surface area contributed by atoms with E-state index in [0.29, 0.717) is 5.88 Å². The Balaban J connectivity index is 2.10. The fourth-order valence-corrected chi connectivity index (χ4v) is 10.7. The molecule has 0 unspecified atom stereocenters. The van der Waals surface area contributed by atoms with Crippen LogP contribution < -0.4 is 15.5 Å². The summed E-state index contributed by atoms with van der Waals surface area (Å²) in [6.45, 7) is 0.804. The molecule has 1 aliphatic heterocycles. The van der Waals surface area contributed by atoms with Crippen LogP contribution >= 0.6 is 19.5 Å². The van der Waals surface area contributed by atoms with Crippen LogP contribution in [0.5, 0.6) is 0 Å². The maximum Gasteiger partial charge on any atom is 0.292 e. The average Bonchev–Trinajstić information content (AvgIpc) is 2.78. The molecule has 0 aromatic heterocycles. The van der Waals surface area contributed by atoms with Crippen molar-refractivity contribution in [2.75, 3.05) is 45.2 Å². The molecule has 0 amide bonds. The van der Waals surface area contributed by atoms with E-state index in [4.69, 9.17) is 11.6 Å². The Bertz CT molecular complexity index is 941. The second-order valence-electron chi connectivity index (χ2n) is 8.36. The predicted octanol–water partition coefficient (Wildman–Crippen LogP) is 4.10. The SMILES string of the molecule is CN(C)[P+]1(N(C)C)N(CCCl)[B-](c2ccccc2)(c2ccccc2)N1c1ccccc1. The van der Waals surface area contributed by atoms with Crippen LogP contribution in [0.1, 0.15) is 0 Å². The van der Waals surface area contributed by atoms with Crippen molar-refractivity contribution in [3.8, 4) is 0 Å². The summed E-state index contributed by atoms with van der Waals surface area (Å²) in [4.78, 5) is 0. The van der Waals surface area contributed by atoms with Crippen LogP contribution in [0.4, 0.5) is 5.69 Å². The van der Waals surface area contributed by atoms with E-state index in [9.17, 15) is 0 Å². The Hall–Kier alpha value is -1.88. The molecule has 3 aromatic rings. The molecule has 1 heterocycles. The summed E-state index contributed by atoms with van der Waals surface area (Å²) >= 11 is 6.47. The van der Waals surface area contributed by atoms with Crippen molar-refractivity contribution < 1.29 is 0 Å². The number of alkyl halides is 1. The van der Waals surface area contributed by atoms with E-state index < -0.39 is 14.3 Å². The van der Waals surface area contributed by atoms with Gasteiger partial charge in [-0.3, -0.25) is 4.58 Å². The van der Waals surface area contributed by atoms with Gasteiger partial charge in [-0.1, -0.05) is 78.9 Å². The number of benzene rings is 3. The Morgan fingerprint density at radius 3 is 1.52 bits per heavy atom. The Kier molecular flexibility index (Phi) is 6.43. The molecule has 0 aliphatic carbocycles. The van der Waals surface area contributed by atoms with Crippen molar-refractivity contribution in [3.63, 3.8) is 0 Å². The van der Waals surface area contributed by atoms with E-state index >= 15 is 0 Å². The molecule has 3 aromatic carbocycles. The van der Waals surface area contributed by atoms with Gasteiger partial charge in [0.25, 0.3) is 14.3 Å². The minimum absolute atomic E-state index is 0.579. The quantitative estimate of drug-likeness (QED) is 0.304. The first kappa shape index (κ1) is 22.3. The second kappa shape index (κ2) is 8.93. The van der Waals surface area contributed by atoms with Gasteiger partial charge in [-0.15, -0.1) is 20.9 Å². The summed E-state index contributed by atoms with van der Waals surface area (Å²) < 4.78 is 10.2. The number of hydrogen-bond acceptors (Lipinski definition) is 4. The van der Waals surface area contributed by atoms with Crippen LogP contribution in [0.15, 0.2) is 91.0 Å². The molecule has 162 valence electrons. The van der Waals surface area contributed by atoms with Crippen LogP contribution in [0.25, 0.3) is 0 Å². The lowest BCUT2D eigenvalue weighted by Gasteiger charge is -2.75. The number of para-hydroxylation sites is 1. The van der Waals surface area contributed by atoms with Gasteiger partial charge in [0.05, 0.1) is 0 Å². The lowest BCUT2D eigenvalue weighted by molar-refractivity contribution is 0.452. The minimum Gasteiger partial charge on any atom is -0.345 e. The van der Waals surface area contributed by atoms with Crippen molar-refractivity contribution in [2.45, 2.75) is 0 Å². The van der Waals surface area contributed by atoms with Gasteiger partial charge in [0.15, 0.2) is 0 Å². The molecule has 0 saturated carbocycles. The Labute approximate surface area is 192 Å². The number of nitrogens with zero attached hydrogens (tertiary/aromatic N) is 4. The van der Waals surface area contributed by atoms with Crippen molar-refractivity contribution in [2.24, 2.45) is 0 Å². The van der Waals surface area contributed by atoms with Gasteiger partial charge in [0.2, 0.25) is 0 Å². The zero-order valence-electron chi connectivity index (χ0n) is 18.8. The fraction of sp³-hybridized carbons (Fsp3) is 0.250. The van der Waals surface area contributed by atoms with E-state index in [0.717, 1.165) is 6.54 Å². The molecule has 31 heavy (non-hydrogen) atoms. The van der Waals surface area contributed by atoms with Crippen molar-refractivity contribution >= 4 is 42.5 Å². The molecule has 7 heteroatoms. The summed E-state index contributed by atoms with van der Waals surface area (Å²) in [5, 5.41) is 0. The molecule has 0 atom stereocenters. The monoisotopic (exact) mass is 452 g/mol. The number of halogens is 1. The normalized spacial score (nSPS) is 17.7. The van der Waals surface area contributed by atoms with E-state index in [1.165, 1.54) is 16.6 Å². The Morgan fingerprint density at radius 1 is 0.710 bits per heavy atom. The highest BCUT2D eigenvalue weighted by Crippen LogP contribution is 2.78. The third-order valence-corrected chi connectivity index (χ3v) is 11.0. The molecular weight excluding hydrogens is 422 g/mol. The van der Waals surface area contributed by atoms with Gasteiger partial charge < -0.3 is 4.58 Å². The van der Waals surface area contributed by atoms with Crippen LogP contribution in [0.2, 0.25) is 0 Å². The van der Waals surface area contributed by atoms with Crippen molar-refractivity contribution in [3.05, 3.63) is 91.0 Å². The highest BCUT2D eigenvalue weighted by atomic mass is 35.5. The number of rotatable bonds is 7. The van der Waals surface area contributed by atoms with Gasteiger partial charge in [0, 0.05) is 46.3 Å². The maximum absolute atomic E-state index is 6.47. The molecule has 4 nitrogen and oxygen atoms in total. The maximum atomic E-state index is 6.47. The van der Waals surface area contributed by atoms with Crippen LogP contribution in [-0.2, 0) is 0 Å². The molecule has 1 aliphatic rings. The number of hydrogen-bond donors (Lipinski definition) is 0. The first-order valence-corrected chi connectivity index (χ1v) is 12.9. The molecule has 0 N–H and O–H groups in total. The van der Waals surface area contributed by atoms with Crippen molar-refractivity contribution in [1.29, 1.82) is 0 Å². The molecule has 0 bridgehead atoms. The van der Waals surface area contributed by atoms with Crippen molar-refractivity contribution in [1.82, 2.24) is 13.9 Å². The van der Waals surface area contributed by atoms with Gasteiger partial charge in [-0.05, 0) is 12.1 Å². The lowest BCUT2D eigenvalue weighted by Crippen LogP contribution is -2.90. The summed E-state index contributed by atoms with van der Waals surface area (Å²) in [6.07, 6.45) is -1.39. The summed E-state index contributed by atoms with van der Waals surface area (Å²) in [6, 6.07) is 32.7. The molecule has 1 saturated heterocycles. The molecular formula is C24H31BClN4P. The number of anilines is 1. The van der Waals surface area contributed by atoms with Crippen LogP contribution in [0, 0.1) is 0 Å². The van der Waals surface area contributed by atoms with E-state index in [-0.39, 0.29) is 0 Å². The summed E-state index contributed by atoms with van der Waals surface area (Å²) in [5.41, 5.74) is 3.85. The molecule has 0 radical (unpaired) electrons. The smallest absolute Gasteiger partial charge is 0.292 e. The lowest BCUT2D eigenvalue weighted by atomic mass is 9.36. The second-order valence-corrected chi connectivity index (χ2v) is 12.4. The first-order chi connectivity index (χ1) is 15.0. The molecule has 4 rings (SSSR count). The first-order valence-electron chi connectivity index (χ1n) is 10.7. The van der Waals surface area contributed by atoms with Crippen LogP contribution in [0.3, 0.4) is 0 Å². The largest absolute Gasteiger partial charge is 0.345 e. The van der Waals surface area contributed by atoms with Gasteiger partial charge in [-0.25, -0.2) is 0 Å². The van der Waals surface area contributed by atoms with E-state index in [1.54, 1.807) is 0 Å².